The number of rotatable bonds is 3. The summed E-state index contributed by atoms with van der Waals surface area (Å²) in [5, 5.41) is 3.10. The van der Waals surface area contributed by atoms with Gasteiger partial charge in [0.1, 0.15) is 13.2 Å². The minimum atomic E-state index is 0.233. The lowest BCUT2D eigenvalue weighted by Gasteiger charge is -2.21. The monoisotopic (exact) mass is 287 g/mol. The van der Waals surface area contributed by atoms with E-state index < -0.39 is 0 Å². The highest BCUT2D eigenvalue weighted by Crippen LogP contribution is 2.48. The zero-order valence-electron chi connectivity index (χ0n) is 12.1. The summed E-state index contributed by atoms with van der Waals surface area (Å²) in [6.45, 7) is 1.77. The molecular formula is C17H21NO3. The summed E-state index contributed by atoms with van der Waals surface area (Å²) in [5.41, 5.74) is 1.07. The first-order valence-corrected chi connectivity index (χ1v) is 7.96. The summed E-state index contributed by atoms with van der Waals surface area (Å²) >= 11 is 0. The summed E-state index contributed by atoms with van der Waals surface area (Å²) in [5.74, 6) is 3.51. The van der Waals surface area contributed by atoms with E-state index in [1.165, 1.54) is 19.3 Å². The van der Waals surface area contributed by atoms with Gasteiger partial charge in [0.05, 0.1) is 0 Å². The summed E-state index contributed by atoms with van der Waals surface area (Å²) in [4.78, 5) is 12.3. The molecule has 3 atom stereocenters. The van der Waals surface area contributed by atoms with Gasteiger partial charge in [-0.3, -0.25) is 4.79 Å². The van der Waals surface area contributed by atoms with Crippen molar-refractivity contribution in [1.29, 1.82) is 0 Å². The van der Waals surface area contributed by atoms with Crippen molar-refractivity contribution in [3.63, 3.8) is 0 Å². The minimum absolute atomic E-state index is 0.233. The third-order valence-electron chi connectivity index (χ3n) is 5.15. The molecule has 1 heterocycles. The maximum absolute atomic E-state index is 12.3. The molecule has 0 radical (unpaired) electrons. The first-order chi connectivity index (χ1) is 10.3. The molecule has 1 aromatic rings. The maximum atomic E-state index is 12.3. The molecule has 4 heteroatoms. The Kier molecular flexibility index (Phi) is 3.24. The quantitative estimate of drug-likeness (QED) is 0.929. The molecule has 0 aromatic heterocycles. The van der Waals surface area contributed by atoms with Gasteiger partial charge >= 0.3 is 0 Å². The fraction of sp³-hybridized carbons (Fsp3) is 0.588. The Balaban J connectivity index is 1.37. The van der Waals surface area contributed by atoms with Crippen LogP contribution in [0.5, 0.6) is 11.5 Å². The average Bonchev–Trinajstić information content (AvgIpc) is 3.15. The molecule has 112 valence electrons. The lowest BCUT2D eigenvalue weighted by atomic mass is 9.88. The second kappa shape index (κ2) is 5.24. The Hall–Kier alpha value is -1.71. The fourth-order valence-corrected chi connectivity index (χ4v) is 4.08. The molecular weight excluding hydrogens is 266 g/mol. The fourth-order valence-electron chi connectivity index (χ4n) is 4.08. The zero-order valence-corrected chi connectivity index (χ0v) is 12.1. The topological polar surface area (TPSA) is 47.6 Å². The summed E-state index contributed by atoms with van der Waals surface area (Å²) < 4.78 is 11.1. The van der Waals surface area contributed by atoms with E-state index in [4.69, 9.17) is 9.47 Å². The molecule has 2 fully saturated rings. The SMILES string of the molecule is O=C(NCc1ccc2c(c1)OCCO2)C1CC2CCC1C2. The highest BCUT2D eigenvalue weighted by molar-refractivity contribution is 5.79. The second-order valence-corrected chi connectivity index (χ2v) is 6.48. The van der Waals surface area contributed by atoms with Crippen LogP contribution < -0.4 is 14.8 Å². The third-order valence-corrected chi connectivity index (χ3v) is 5.15. The molecule has 1 N–H and O–H groups in total. The Morgan fingerprint density at radius 1 is 1.14 bits per heavy atom. The van der Waals surface area contributed by atoms with Crippen LogP contribution in [0.25, 0.3) is 0 Å². The van der Waals surface area contributed by atoms with Crippen LogP contribution in [0.3, 0.4) is 0 Å². The Labute approximate surface area is 124 Å². The van der Waals surface area contributed by atoms with Crippen molar-refractivity contribution in [3.05, 3.63) is 23.8 Å². The van der Waals surface area contributed by atoms with Crippen molar-refractivity contribution in [2.75, 3.05) is 13.2 Å². The summed E-state index contributed by atoms with van der Waals surface area (Å²) in [7, 11) is 0. The van der Waals surface area contributed by atoms with Gasteiger partial charge in [0.2, 0.25) is 5.91 Å². The zero-order chi connectivity index (χ0) is 14.2. The molecule has 4 nitrogen and oxygen atoms in total. The number of nitrogens with one attached hydrogen (secondary N) is 1. The van der Waals surface area contributed by atoms with Crippen molar-refractivity contribution in [2.24, 2.45) is 17.8 Å². The van der Waals surface area contributed by atoms with Crippen LogP contribution >= 0.6 is 0 Å². The van der Waals surface area contributed by atoms with Crippen LogP contribution in [0, 0.1) is 17.8 Å². The van der Waals surface area contributed by atoms with Crippen molar-refractivity contribution < 1.29 is 14.3 Å². The standard InChI is InChI=1S/C17H21NO3/c19-17(14-8-11-1-3-13(14)7-11)18-10-12-2-4-15-16(9-12)21-6-5-20-15/h2,4,9,11,13-14H,1,3,5-8,10H2,(H,18,19). The molecule has 0 spiro atoms. The second-order valence-electron chi connectivity index (χ2n) is 6.48. The van der Waals surface area contributed by atoms with Gasteiger partial charge in [-0.1, -0.05) is 12.5 Å². The smallest absolute Gasteiger partial charge is 0.223 e. The normalized spacial score (nSPS) is 29.4. The highest BCUT2D eigenvalue weighted by Gasteiger charge is 2.42. The third kappa shape index (κ3) is 2.47. The molecule has 2 saturated carbocycles. The number of amides is 1. The van der Waals surface area contributed by atoms with E-state index in [1.807, 2.05) is 18.2 Å². The molecule has 2 bridgehead atoms. The number of hydrogen-bond acceptors (Lipinski definition) is 3. The predicted molar refractivity (Wildman–Crippen MR) is 78.2 cm³/mol. The van der Waals surface area contributed by atoms with Crippen molar-refractivity contribution in [2.45, 2.75) is 32.2 Å². The molecule has 1 aliphatic heterocycles. The van der Waals surface area contributed by atoms with Gasteiger partial charge in [0, 0.05) is 12.5 Å². The van der Waals surface area contributed by atoms with Gasteiger partial charge < -0.3 is 14.8 Å². The highest BCUT2D eigenvalue weighted by atomic mass is 16.6. The van der Waals surface area contributed by atoms with Crippen molar-refractivity contribution in [3.8, 4) is 11.5 Å². The van der Waals surface area contributed by atoms with Crippen LogP contribution in [0.1, 0.15) is 31.2 Å². The number of ether oxygens (including phenoxy) is 2. The van der Waals surface area contributed by atoms with Crippen LogP contribution in [-0.4, -0.2) is 19.1 Å². The van der Waals surface area contributed by atoms with E-state index in [0.717, 1.165) is 29.4 Å². The Morgan fingerprint density at radius 2 is 2.00 bits per heavy atom. The molecule has 3 aliphatic rings. The van der Waals surface area contributed by atoms with Crippen LogP contribution in [0.2, 0.25) is 0 Å². The largest absolute Gasteiger partial charge is 0.486 e. The average molecular weight is 287 g/mol. The number of benzene rings is 1. The number of hydrogen-bond donors (Lipinski definition) is 1. The van der Waals surface area contributed by atoms with Crippen LogP contribution in [0.15, 0.2) is 18.2 Å². The van der Waals surface area contributed by atoms with E-state index in [2.05, 4.69) is 5.32 Å². The molecule has 1 aromatic carbocycles. The number of fused-ring (bicyclic) bond motifs is 3. The predicted octanol–water partition coefficient (Wildman–Crippen LogP) is 2.51. The lowest BCUT2D eigenvalue weighted by molar-refractivity contribution is -0.126. The minimum Gasteiger partial charge on any atom is -0.486 e. The molecule has 21 heavy (non-hydrogen) atoms. The molecule has 2 aliphatic carbocycles. The van der Waals surface area contributed by atoms with Gasteiger partial charge in [-0.15, -0.1) is 0 Å². The number of carbonyl (C=O) groups excluding carboxylic acids is 1. The molecule has 1 amide bonds. The first-order valence-electron chi connectivity index (χ1n) is 7.96. The van der Waals surface area contributed by atoms with Gasteiger partial charge in [0.15, 0.2) is 11.5 Å². The lowest BCUT2D eigenvalue weighted by Crippen LogP contribution is -2.33. The first kappa shape index (κ1) is 13.0. The van der Waals surface area contributed by atoms with Gasteiger partial charge in [0.25, 0.3) is 0 Å². The molecule has 4 rings (SSSR count). The Morgan fingerprint density at radius 3 is 2.76 bits per heavy atom. The van der Waals surface area contributed by atoms with Crippen molar-refractivity contribution in [1.82, 2.24) is 5.32 Å². The van der Waals surface area contributed by atoms with E-state index in [-0.39, 0.29) is 11.8 Å². The van der Waals surface area contributed by atoms with E-state index >= 15 is 0 Å². The van der Waals surface area contributed by atoms with E-state index in [0.29, 0.717) is 25.7 Å². The van der Waals surface area contributed by atoms with Crippen molar-refractivity contribution >= 4 is 5.91 Å². The summed E-state index contributed by atoms with van der Waals surface area (Å²) in [6.07, 6.45) is 4.93. The number of carbonyl (C=O) groups is 1. The van der Waals surface area contributed by atoms with Crippen LogP contribution in [-0.2, 0) is 11.3 Å². The Bertz CT molecular complexity index is 557. The van der Waals surface area contributed by atoms with Crippen LogP contribution in [0.4, 0.5) is 0 Å². The molecule has 3 unspecified atom stereocenters. The summed E-state index contributed by atoms with van der Waals surface area (Å²) in [6, 6.07) is 5.89. The van der Waals surface area contributed by atoms with E-state index in [9.17, 15) is 4.79 Å². The maximum Gasteiger partial charge on any atom is 0.223 e. The van der Waals surface area contributed by atoms with E-state index in [1.54, 1.807) is 0 Å². The molecule has 0 saturated heterocycles. The van der Waals surface area contributed by atoms with Gasteiger partial charge in [-0.2, -0.15) is 0 Å². The van der Waals surface area contributed by atoms with Gasteiger partial charge in [-0.25, -0.2) is 0 Å². The van der Waals surface area contributed by atoms with Gasteiger partial charge in [-0.05, 0) is 48.8 Å².